The summed E-state index contributed by atoms with van der Waals surface area (Å²) in [6.07, 6.45) is 0.249. The minimum absolute atomic E-state index is 0.0486. The van der Waals surface area contributed by atoms with Crippen LogP contribution in [0.1, 0.15) is 29.3 Å². The third kappa shape index (κ3) is 5.13. The number of benzene rings is 2. The summed E-state index contributed by atoms with van der Waals surface area (Å²) in [7, 11) is 0. The van der Waals surface area contributed by atoms with E-state index in [9.17, 15) is 19.7 Å². The van der Waals surface area contributed by atoms with Crippen molar-refractivity contribution in [1.29, 1.82) is 0 Å². The summed E-state index contributed by atoms with van der Waals surface area (Å²) in [4.78, 5) is 34.0. The Kier molecular flexibility index (Phi) is 6.22. The minimum atomic E-state index is -0.635. The van der Waals surface area contributed by atoms with Gasteiger partial charge in [0.1, 0.15) is 0 Å². The van der Waals surface area contributed by atoms with Crippen LogP contribution >= 0.6 is 0 Å². The predicted octanol–water partition coefficient (Wildman–Crippen LogP) is 2.88. The van der Waals surface area contributed by atoms with Crippen LogP contribution < -0.4 is 10.1 Å². The van der Waals surface area contributed by atoms with Crippen molar-refractivity contribution in [2.75, 3.05) is 6.61 Å². The quantitative estimate of drug-likeness (QED) is 0.452. The van der Waals surface area contributed by atoms with Gasteiger partial charge >= 0.3 is 5.69 Å². The third-order valence-corrected chi connectivity index (χ3v) is 3.49. The number of rotatable bonds is 8. The summed E-state index contributed by atoms with van der Waals surface area (Å²) < 4.78 is 5.25. The van der Waals surface area contributed by atoms with E-state index in [0.717, 1.165) is 5.56 Å². The van der Waals surface area contributed by atoms with Crippen molar-refractivity contribution in [2.45, 2.75) is 19.9 Å². The van der Waals surface area contributed by atoms with Crippen LogP contribution in [0.15, 0.2) is 48.5 Å². The first kappa shape index (κ1) is 18.1. The number of nitro benzene ring substituents is 1. The molecule has 0 unspecified atom stereocenters. The molecule has 0 radical (unpaired) electrons. The van der Waals surface area contributed by atoms with Gasteiger partial charge in [0, 0.05) is 24.6 Å². The number of nitrogens with one attached hydrogen (secondary N) is 1. The van der Waals surface area contributed by atoms with E-state index in [2.05, 4.69) is 5.32 Å². The van der Waals surface area contributed by atoms with Crippen molar-refractivity contribution in [1.82, 2.24) is 5.32 Å². The van der Waals surface area contributed by atoms with Gasteiger partial charge in [-0.2, -0.15) is 0 Å². The number of Topliss-reactive ketones (excluding diaryl/α,β-unsaturated/α-hetero) is 1. The van der Waals surface area contributed by atoms with Crippen LogP contribution in [-0.2, 0) is 11.3 Å². The van der Waals surface area contributed by atoms with Gasteiger partial charge in [-0.05, 0) is 17.7 Å². The lowest BCUT2D eigenvalue weighted by Crippen LogP contribution is -2.28. The van der Waals surface area contributed by atoms with Gasteiger partial charge in [-0.3, -0.25) is 19.7 Å². The van der Waals surface area contributed by atoms with E-state index in [1.54, 1.807) is 6.92 Å². The molecule has 0 aliphatic heterocycles. The van der Waals surface area contributed by atoms with Crippen LogP contribution in [0.2, 0.25) is 0 Å². The lowest BCUT2D eigenvalue weighted by Gasteiger charge is -2.09. The Balaban J connectivity index is 1.98. The second-order valence-corrected chi connectivity index (χ2v) is 5.27. The van der Waals surface area contributed by atoms with E-state index in [-0.39, 0.29) is 35.8 Å². The summed E-state index contributed by atoms with van der Waals surface area (Å²) in [5.41, 5.74) is 0.842. The molecule has 0 aliphatic carbocycles. The first-order chi connectivity index (χ1) is 12.0. The van der Waals surface area contributed by atoms with Crippen LogP contribution in [0.4, 0.5) is 5.69 Å². The number of nitro groups is 1. The highest BCUT2D eigenvalue weighted by molar-refractivity contribution is 5.96. The summed E-state index contributed by atoms with van der Waals surface area (Å²) in [6, 6.07) is 13.3. The molecule has 7 heteroatoms. The third-order valence-electron chi connectivity index (χ3n) is 3.49. The number of carbonyl (C=O) groups excluding carboxylic acids is 2. The molecule has 2 rings (SSSR count). The van der Waals surface area contributed by atoms with Gasteiger partial charge in [0.2, 0.25) is 0 Å². The van der Waals surface area contributed by atoms with E-state index >= 15 is 0 Å². The summed E-state index contributed by atoms with van der Waals surface area (Å²) in [6.45, 7) is 1.67. The Morgan fingerprint density at radius 3 is 2.52 bits per heavy atom. The summed E-state index contributed by atoms with van der Waals surface area (Å²) in [5.74, 6) is -0.644. The highest BCUT2D eigenvalue weighted by atomic mass is 16.6. The normalized spacial score (nSPS) is 10.1. The molecule has 0 aromatic heterocycles. The van der Waals surface area contributed by atoms with E-state index in [0.29, 0.717) is 6.54 Å². The zero-order chi connectivity index (χ0) is 18.2. The molecule has 7 nitrogen and oxygen atoms in total. The van der Waals surface area contributed by atoms with Crippen LogP contribution in [0.5, 0.6) is 5.75 Å². The maximum atomic E-state index is 11.8. The summed E-state index contributed by atoms with van der Waals surface area (Å²) >= 11 is 0. The van der Waals surface area contributed by atoms with Gasteiger partial charge in [0.05, 0.1) is 4.92 Å². The van der Waals surface area contributed by atoms with Crippen molar-refractivity contribution in [3.63, 3.8) is 0 Å². The molecule has 2 aromatic carbocycles. The molecule has 0 heterocycles. The Hall–Kier alpha value is -3.22. The largest absolute Gasteiger partial charge is 0.477 e. The van der Waals surface area contributed by atoms with Gasteiger partial charge in [0.25, 0.3) is 5.91 Å². The topological polar surface area (TPSA) is 98.5 Å². The fourth-order valence-electron chi connectivity index (χ4n) is 2.15. The lowest BCUT2D eigenvalue weighted by atomic mass is 10.1. The monoisotopic (exact) mass is 342 g/mol. The molecule has 0 saturated heterocycles. The molecule has 0 saturated carbocycles. The molecule has 1 amide bonds. The zero-order valence-corrected chi connectivity index (χ0v) is 13.7. The molecule has 0 aliphatic rings. The van der Waals surface area contributed by atoms with E-state index < -0.39 is 10.8 Å². The Bertz CT molecular complexity index is 774. The Morgan fingerprint density at radius 1 is 1.16 bits per heavy atom. The molecular weight excluding hydrogens is 324 g/mol. The highest BCUT2D eigenvalue weighted by Gasteiger charge is 2.19. The van der Waals surface area contributed by atoms with E-state index in [4.69, 9.17) is 4.74 Å². The lowest BCUT2D eigenvalue weighted by molar-refractivity contribution is -0.385. The van der Waals surface area contributed by atoms with Gasteiger partial charge in [0.15, 0.2) is 18.1 Å². The summed E-state index contributed by atoms with van der Waals surface area (Å²) in [5, 5.41) is 13.8. The second-order valence-electron chi connectivity index (χ2n) is 5.27. The first-order valence-corrected chi connectivity index (χ1v) is 7.76. The molecule has 0 spiro atoms. The van der Waals surface area contributed by atoms with Crippen molar-refractivity contribution < 1.29 is 19.2 Å². The van der Waals surface area contributed by atoms with Crippen molar-refractivity contribution in [2.24, 2.45) is 0 Å². The van der Waals surface area contributed by atoms with Crippen molar-refractivity contribution in [3.05, 3.63) is 69.8 Å². The number of ketones is 1. The Labute approximate surface area is 144 Å². The van der Waals surface area contributed by atoms with Crippen LogP contribution in [0.3, 0.4) is 0 Å². The van der Waals surface area contributed by atoms with Crippen molar-refractivity contribution >= 4 is 17.4 Å². The highest BCUT2D eigenvalue weighted by Crippen LogP contribution is 2.28. The molecule has 130 valence electrons. The van der Waals surface area contributed by atoms with Crippen LogP contribution in [0.25, 0.3) is 0 Å². The average Bonchev–Trinajstić information content (AvgIpc) is 2.64. The zero-order valence-electron chi connectivity index (χ0n) is 13.7. The smallest absolute Gasteiger partial charge is 0.311 e. The second kappa shape index (κ2) is 8.58. The number of nitrogens with zero attached hydrogens (tertiary/aromatic N) is 1. The standard InChI is InChI=1S/C18H18N2O5/c1-2-16(21)14-8-9-17(15(10-14)20(23)24)25-12-18(22)19-11-13-6-4-3-5-7-13/h3-10H,2,11-12H2,1H3,(H,19,22). The first-order valence-electron chi connectivity index (χ1n) is 7.76. The molecule has 2 aromatic rings. The van der Waals surface area contributed by atoms with Gasteiger partial charge in [-0.25, -0.2) is 0 Å². The van der Waals surface area contributed by atoms with Crippen molar-refractivity contribution in [3.8, 4) is 5.75 Å². The molecule has 0 bridgehead atoms. The van der Waals surface area contributed by atoms with Crippen LogP contribution in [-0.4, -0.2) is 23.2 Å². The fraction of sp³-hybridized carbons (Fsp3) is 0.222. The Morgan fingerprint density at radius 2 is 1.88 bits per heavy atom. The predicted molar refractivity (Wildman–Crippen MR) is 91.5 cm³/mol. The van der Waals surface area contributed by atoms with E-state index in [1.807, 2.05) is 30.3 Å². The maximum absolute atomic E-state index is 11.8. The number of hydrogen-bond donors (Lipinski definition) is 1. The number of hydrogen-bond acceptors (Lipinski definition) is 5. The number of carbonyl (C=O) groups is 2. The van der Waals surface area contributed by atoms with Crippen LogP contribution in [0, 0.1) is 10.1 Å². The maximum Gasteiger partial charge on any atom is 0.311 e. The average molecular weight is 342 g/mol. The molecule has 0 atom stereocenters. The van der Waals surface area contributed by atoms with Gasteiger partial charge in [-0.15, -0.1) is 0 Å². The molecule has 0 fully saturated rings. The molecule has 1 N–H and O–H groups in total. The number of ether oxygens (including phenoxy) is 1. The van der Waals surface area contributed by atoms with Gasteiger partial charge in [-0.1, -0.05) is 37.3 Å². The van der Waals surface area contributed by atoms with Gasteiger partial charge < -0.3 is 10.1 Å². The fourth-order valence-corrected chi connectivity index (χ4v) is 2.15. The minimum Gasteiger partial charge on any atom is -0.477 e. The number of amides is 1. The molecule has 25 heavy (non-hydrogen) atoms. The van der Waals surface area contributed by atoms with E-state index in [1.165, 1.54) is 18.2 Å². The molecular formula is C18H18N2O5. The SMILES string of the molecule is CCC(=O)c1ccc(OCC(=O)NCc2ccccc2)c([N+](=O)[O-])c1.